The Morgan fingerprint density at radius 3 is 2.25 bits per heavy atom. The molecule has 4 aromatic rings. The van der Waals surface area contributed by atoms with E-state index in [1.807, 2.05) is 30.3 Å². The fourth-order valence-electron chi connectivity index (χ4n) is 2.96. The number of aryl methyl sites for hydroxylation is 1. The molecule has 0 amide bonds. The number of hydrogen-bond acceptors (Lipinski definition) is 1. The zero-order chi connectivity index (χ0) is 16.5. The topological polar surface area (TPSA) is 12.9 Å². The van der Waals surface area contributed by atoms with E-state index in [-0.39, 0.29) is 0 Å². The van der Waals surface area contributed by atoms with Crippen molar-refractivity contribution in [2.75, 3.05) is 0 Å². The van der Waals surface area contributed by atoms with Crippen LogP contribution in [0.1, 0.15) is 5.56 Å². The van der Waals surface area contributed by atoms with Gasteiger partial charge in [-0.3, -0.25) is 0 Å². The summed E-state index contributed by atoms with van der Waals surface area (Å²) >= 11 is 6.02. The minimum atomic E-state index is 0.735. The molecule has 4 rings (SSSR count). The Kier molecular flexibility index (Phi) is 3.79. The molecule has 0 spiro atoms. The number of pyridine rings is 1. The first-order valence-electron chi connectivity index (χ1n) is 7.93. The van der Waals surface area contributed by atoms with Crippen LogP contribution in [0.25, 0.3) is 33.3 Å². The molecule has 2 heteroatoms. The SMILES string of the molecule is Cc1ccc2nc(-c3ccc(Cl)cc3)cc(-c3ccccc3)c2c1. The maximum absolute atomic E-state index is 6.02. The van der Waals surface area contributed by atoms with Crippen molar-refractivity contribution >= 4 is 22.5 Å². The van der Waals surface area contributed by atoms with E-state index in [0.29, 0.717) is 0 Å². The Balaban J connectivity index is 2.00. The molecule has 0 bridgehead atoms. The molecule has 0 N–H and O–H groups in total. The lowest BCUT2D eigenvalue weighted by Gasteiger charge is -2.11. The molecule has 1 nitrogen and oxygen atoms in total. The largest absolute Gasteiger partial charge is 0.248 e. The Morgan fingerprint density at radius 2 is 1.50 bits per heavy atom. The highest BCUT2D eigenvalue weighted by atomic mass is 35.5. The van der Waals surface area contributed by atoms with Crippen LogP contribution in [0.3, 0.4) is 0 Å². The molecule has 0 saturated carbocycles. The van der Waals surface area contributed by atoms with Crippen molar-refractivity contribution < 1.29 is 0 Å². The zero-order valence-electron chi connectivity index (χ0n) is 13.3. The molecule has 0 unspecified atom stereocenters. The highest BCUT2D eigenvalue weighted by Gasteiger charge is 2.09. The van der Waals surface area contributed by atoms with Gasteiger partial charge in [0.2, 0.25) is 0 Å². The van der Waals surface area contributed by atoms with Crippen LogP contribution in [-0.2, 0) is 0 Å². The molecule has 0 fully saturated rings. The zero-order valence-corrected chi connectivity index (χ0v) is 14.1. The van der Waals surface area contributed by atoms with Gasteiger partial charge in [-0.2, -0.15) is 0 Å². The van der Waals surface area contributed by atoms with Gasteiger partial charge < -0.3 is 0 Å². The number of nitrogens with zero attached hydrogens (tertiary/aromatic N) is 1. The van der Waals surface area contributed by atoms with Gasteiger partial charge in [-0.1, -0.05) is 65.7 Å². The second-order valence-electron chi connectivity index (χ2n) is 5.95. The first kappa shape index (κ1) is 14.9. The quantitative estimate of drug-likeness (QED) is 0.407. The average Bonchev–Trinajstić information content (AvgIpc) is 2.62. The van der Waals surface area contributed by atoms with E-state index in [1.165, 1.54) is 22.1 Å². The van der Waals surface area contributed by atoms with Crippen LogP contribution in [0.4, 0.5) is 0 Å². The molecule has 0 aliphatic carbocycles. The van der Waals surface area contributed by atoms with Crippen LogP contribution >= 0.6 is 11.6 Å². The standard InChI is InChI=1S/C22H16ClN/c1-15-7-12-21-20(13-15)19(16-5-3-2-4-6-16)14-22(24-21)17-8-10-18(23)11-9-17/h2-14H,1H3. The smallest absolute Gasteiger partial charge is 0.0715 e. The molecule has 1 heterocycles. The third-order valence-corrected chi connectivity index (χ3v) is 4.44. The number of halogens is 1. The van der Waals surface area contributed by atoms with Gasteiger partial charge in [-0.15, -0.1) is 0 Å². The Labute approximate surface area is 146 Å². The van der Waals surface area contributed by atoms with Crippen molar-refractivity contribution in [1.82, 2.24) is 4.98 Å². The lowest BCUT2D eigenvalue weighted by molar-refractivity contribution is 1.38. The third kappa shape index (κ3) is 2.79. The molecule has 1 aromatic heterocycles. The predicted octanol–water partition coefficient (Wildman–Crippen LogP) is 6.53. The summed E-state index contributed by atoms with van der Waals surface area (Å²) in [6.07, 6.45) is 0. The number of rotatable bonds is 2. The molecule has 24 heavy (non-hydrogen) atoms. The Hall–Kier alpha value is -2.64. The second kappa shape index (κ2) is 6.10. The fourth-order valence-corrected chi connectivity index (χ4v) is 3.09. The molecule has 0 saturated heterocycles. The van der Waals surface area contributed by atoms with E-state index in [1.54, 1.807) is 0 Å². The van der Waals surface area contributed by atoms with Crippen LogP contribution in [0.5, 0.6) is 0 Å². The van der Waals surface area contributed by atoms with Gasteiger partial charge >= 0.3 is 0 Å². The van der Waals surface area contributed by atoms with Crippen molar-refractivity contribution in [2.24, 2.45) is 0 Å². The van der Waals surface area contributed by atoms with Crippen LogP contribution in [0.2, 0.25) is 5.02 Å². The second-order valence-corrected chi connectivity index (χ2v) is 6.39. The molecular weight excluding hydrogens is 314 g/mol. The fraction of sp³-hybridized carbons (Fsp3) is 0.0455. The molecule has 0 atom stereocenters. The summed E-state index contributed by atoms with van der Waals surface area (Å²) in [5.41, 5.74) is 6.67. The highest BCUT2D eigenvalue weighted by Crippen LogP contribution is 2.32. The summed E-state index contributed by atoms with van der Waals surface area (Å²) in [7, 11) is 0. The van der Waals surface area contributed by atoms with E-state index in [9.17, 15) is 0 Å². The molecule has 3 aromatic carbocycles. The van der Waals surface area contributed by atoms with E-state index in [2.05, 4.69) is 55.5 Å². The van der Waals surface area contributed by atoms with E-state index < -0.39 is 0 Å². The van der Waals surface area contributed by atoms with Crippen LogP contribution in [0, 0.1) is 6.92 Å². The van der Waals surface area contributed by atoms with Gasteiger partial charge in [-0.05, 0) is 48.4 Å². The normalized spacial score (nSPS) is 10.9. The predicted molar refractivity (Wildman–Crippen MR) is 102 cm³/mol. The van der Waals surface area contributed by atoms with Gasteiger partial charge in [0.1, 0.15) is 0 Å². The lowest BCUT2D eigenvalue weighted by atomic mass is 9.97. The first-order chi connectivity index (χ1) is 11.7. The Morgan fingerprint density at radius 1 is 0.750 bits per heavy atom. The number of aromatic nitrogens is 1. The van der Waals surface area contributed by atoms with E-state index in [4.69, 9.17) is 16.6 Å². The summed E-state index contributed by atoms with van der Waals surface area (Å²) in [4.78, 5) is 4.86. The molecule has 0 aliphatic rings. The van der Waals surface area contributed by atoms with E-state index >= 15 is 0 Å². The maximum atomic E-state index is 6.02. The Bertz CT molecular complexity index is 1010. The van der Waals surface area contributed by atoms with Crippen molar-refractivity contribution in [3.63, 3.8) is 0 Å². The molecule has 0 aliphatic heterocycles. The summed E-state index contributed by atoms with van der Waals surface area (Å²) in [6, 6.07) is 26.9. The number of fused-ring (bicyclic) bond motifs is 1. The van der Waals surface area contributed by atoms with Crippen molar-refractivity contribution in [3.05, 3.63) is 89.4 Å². The van der Waals surface area contributed by atoms with Crippen molar-refractivity contribution in [1.29, 1.82) is 0 Å². The number of hydrogen-bond donors (Lipinski definition) is 0. The van der Waals surface area contributed by atoms with Gasteiger partial charge in [0.05, 0.1) is 11.2 Å². The minimum absolute atomic E-state index is 0.735. The first-order valence-corrected chi connectivity index (χ1v) is 8.31. The molecule has 0 radical (unpaired) electrons. The third-order valence-electron chi connectivity index (χ3n) is 4.19. The summed E-state index contributed by atoms with van der Waals surface area (Å²) in [6.45, 7) is 2.11. The molecule has 116 valence electrons. The average molecular weight is 330 g/mol. The monoisotopic (exact) mass is 329 g/mol. The van der Waals surface area contributed by atoms with Gasteiger partial charge in [-0.25, -0.2) is 4.98 Å². The lowest BCUT2D eigenvalue weighted by Crippen LogP contribution is -1.90. The summed E-state index contributed by atoms with van der Waals surface area (Å²) < 4.78 is 0. The highest BCUT2D eigenvalue weighted by molar-refractivity contribution is 6.30. The van der Waals surface area contributed by atoms with Crippen LogP contribution in [-0.4, -0.2) is 4.98 Å². The van der Waals surface area contributed by atoms with Gasteiger partial charge in [0.25, 0.3) is 0 Å². The van der Waals surface area contributed by atoms with Crippen molar-refractivity contribution in [3.8, 4) is 22.4 Å². The maximum Gasteiger partial charge on any atom is 0.0715 e. The van der Waals surface area contributed by atoms with Crippen molar-refractivity contribution in [2.45, 2.75) is 6.92 Å². The van der Waals surface area contributed by atoms with E-state index in [0.717, 1.165) is 21.8 Å². The van der Waals surface area contributed by atoms with Crippen LogP contribution < -0.4 is 0 Å². The van der Waals surface area contributed by atoms with Gasteiger partial charge in [0, 0.05) is 16.0 Å². The number of benzene rings is 3. The minimum Gasteiger partial charge on any atom is -0.248 e. The van der Waals surface area contributed by atoms with Gasteiger partial charge in [0.15, 0.2) is 0 Å². The summed E-state index contributed by atoms with van der Waals surface area (Å²) in [5, 5.41) is 1.91. The van der Waals surface area contributed by atoms with Crippen LogP contribution in [0.15, 0.2) is 78.9 Å². The summed E-state index contributed by atoms with van der Waals surface area (Å²) in [5.74, 6) is 0. The molecular formula is C22H16ClN.